The largest absolute Gasteiger partial charge is 0.164 e. The van der Waals surface area contributed by atoms with Crippen LogP contribution in [0.15, 0.2) is 54.6 Å². The van der Waals surface area contributed by atoms with Crippen molar-refractivity contribution in [2.45, 2.75) is 53.4 Å². The zero-order valence-corrected chi connectivity index (χ0v) is 18.9. The molecule has 0 saturated carbocycles. The molecule has 0 spiro atoms. The minimum Gasteiger partial charge on any atom is -0.164 e. The van der Waals surface area contributed by atoms with E-state index >= 15 is 0 Å². The Morgan fingerprint density at radius 1 is 0.840 bits per heavy atom. The number of rotatable bonds is 2. The van der Waals surface area contributed by atoms with Gasteiger partial charge in [-0.15, -0.1) is 34.5 Å². The van der Waals surface area contributed by atoms with Crippen LogP contribution in [0.1, 0.15) is 52.7 Å². The Hall–Kier alpha value is -1.07. The molecule has 0 radical (unpaired) electrons. The second kappa shape index (κ2) is 7.28. The summed E-state index contributed by atoms with van der Waals surface area (Å²) in [6, 6.07) is 20.5. The van der Waals surface area contributed by atoms with Crippen LogP contribution in [0.25, 0.3) is 21.9 Å². The molecule has 0 nitrogen and oxygen atoms in total. The van der Waals surface area contributed by atoms with Crippen LogP contribution in [-0.2, 0) is 38.0 Å². The van der Waals surface area contributed by atoms with Crippen molar-refractivity contribution in [2.75, 3.05) is 0 Å². The first-order valence-electron chi connectivity index (χ1n) is 8.93. The molecular formula is C24H29Zr-. The molecule has 3 rings (SSSR count). The van der Waals surface area contributed by atoms with Gasteiger partial charge in [0.25, 0.3) is 0 Å². The van der Waals surface area contributed by atoms with Crippen LogP contribution in [-0.4, -0.2) is 0 Å². The van der Waals surface area contributed by atoms with Crippen molar-refractivity contribution in [2.24, 2.45) is 5.41 Å². The molecule has 3 aromatic carbocycles. The number of hydrogen-bond donors (Lipinski definition) is 0. The van der Waals surface area contributed by atoms with E-state index in [2.05, 4.69) is 96.1 Å². The van der Waals surface area contributed by atoms with Gasteiger partial charge in [0.2, 0.25) is 0 Å². The molecule has 0 aliphatic carbocycles. The molecule has 0 atom stereocenters. The molecule has 0 aromatic heterocycles. The number of hydrogen-bond acceptors (Lipinski definition) is 0. The summed E-state index contributed by atoms with van der Waals surface area (Å²) < 4.78 is 0. The summed E-state index contributed by atoms with van der Waals surface area (Å²) in [6.45, 7) is 13.7. The van der Waals surface area contributed by atoms with E-state index in [9.17, 15) is 0 Å². The van der Waals surface area contributed by atoms with E-state index in [1.54, 1.807) is 0 Å². The summed E-state index contributed by atoms with van der Waals surface area (Å²) in [7, 11) is 0. The van der Waals surface area contributed by atoms with Crippen LogP contribution in [0.3, 0.4) is 0 Å². The van der Waals surface area contributed by atoms with E-state index in [0.29, 0.717) is 5.41 Å². The van der Waals surface area contributed by atoms with E-state index in [1.807, 2.05) is 0 Å². The van der Waals surface area contributed by atoms with Gasteiger partial charge >= 0.3 is 0 Å². The maximum Gasteiger partial charge on any atom is 0 e. The Morgan fingerprint density at radius 2 is 1.48 bits per heavy atom. The van der Waals surface area contributed by atoms with Gasteiger partial charge in [-0.25, -0.2) is 0 Å². The first-order valence-corrected chi connectivity index (χ1v) is 8.93. The zero-order chi connectivity index (χ0) is 17.5. The molecule has 0 heterocycles. The Kier molecular flexibility index (Phi) is 5.89. The van der Waals surface area contributed by atoms with Gasteiger partial charge in [0.15, 0.2) is 0 Å². The molecule has 0 saturated heterocycles. The summed E-state index contributed by atoms with van der Waals surface area (Å²) in [5, 5.41) is 2.73. The quantitative estimate of drug-likeness (QED) is 0.396. The monoisotopic (exact) mass is 407 g/mol. The SMILES string of the molecule is CC(C)(C)Cc1cc2c(-c3ccc(C(C)(C)C)cc3)cccc2[cH-]1.[Zr]. The van der Waals surface area contributed by atoms with Crippen molar-refractivity contribution >= 4 is 10.8 Å². The van der Waals surface area contributed by atoms with Gasteiger partial charge in [-0.3, -0.25) is 0 Å². The molecule has 3 aromatic rings. The standard InChI is InChI=1S/C24H29.Zr/c1-23(2,3)16-17-14-19-8-7-9-21(22(19)15-17)18-10-12-20(13-11-18)24(4,5)6;/h7-15H,16H2,1-6H3;/q-1;. The van der Waals surface area contributed by atoms with Crippen molar-refractivity contribution in [3.05, 3.63) is 65.7 Å². The number of fused-ring (bicyclic) bond motifs is 1. The smallest absolute Gasteiger partial charge is 0 e. The minimum absolute atomic E-state index is 0. The summed E-state index contributed by atoms with van der Waals surface area (Å²) in [5.41, 5.74) is 5.99. The van der Waals surface area contributed by atoms with Crippen molar-refractivity contribution in [1.82, 2.24) is 0 Å². The maximum atomic E-state index is 2.38. The van der Waals surface area contributed by atoms with Gasteiger partial charge < -0.3 is 0 Å². The summed E-state index contributed by atoms with van der Waals surface area (Å²) in [6.07, 6.45) is 1.12. The third-order valence-electron chi connectivity index (χ3n) is 4.61. The van der Waals surface area contributed by atoms with Gasteiger partial charge in [-0.05, 0) is 28.4 Å². The number of benzene rings is 2. The fraction of sp³-hybridized carbons (Fsp3) is 0.375. The van der Waals surface area contributed by atoms with Gasteiger partial charge in [0, 0.05) is 26.2 Å². The van der Waals surface area contributed by atoms with Gasteiger partial charge in [-0.2, -0.15) is 6.07 Å². The van der Waals surface area contributed by atoms with Crippen molar-refractivity contribution in [3.63, 3.8) is 0 Å². The Bertz CT molecular complexity index is 836. The molecular weight excluding hydrogens is 379 g/mol. The normalized spacial score (nSPS) is 12.2. The molecule has 1 heteroatoms. The summed E-state index contributed by atoms with van der Waals surface area (Å²) in [4.78, 5) is 0. The molecule has 25 heavy (non-hydrogen) atoms. The van der Waals surface area contributed by atoms with Crippen LogP contribution >= 0.6 is 0 Å². The third kappa shape index (κ3) is 4.76. The van der Waals surface area contributed by atoms with Crippen LogP contribution in [0.5, 0.6) is 0 Å². The summed E-state index contributed by atoms with van der Waals surface area (Å²) >= 11 is 0. The van der Waals surface area contributed by atoms with Crippen molar-refractivity contribution < 1.29 is 26.2 Å². The minimum atomic E-state index is 0. The van der Waals surface area contributed by atoms with E-state index in [0.717, 1.165) is 6.42 Å². The molecule has 0 bridgehead atoms. The van der Waals surface area contributed by atoms with E-state index in [-0.39, 0.29) is 31.6 Å². The van der Waals surface area contributed by atoms with E-state index < -0.39 is 0 Å². The van der Waals surface area contributed by atoms with Crippen LogP contribution in [0, 0.1) is 5.41 Å². The zero-order valence-electron chi connectivity index (χ0n) is 16.4. The Balaban J connectivity index is 0.00000225. The molecule has 130 valence electrons. The van der Waals surface area contributed by atoms with Gasteiger partial charge in [0.05, 0.1) is 0 Å². The average Bonchev–Trinajstić information content (AvgIpc) is 2.86. The Morgan fingerprint density at radius 3 is 2.04 bits per heavy atom. The maximum absolute atomic E-state index is 2.38. The summed E-state index contributed by atoms with van der Waals surface area (Å²) in [5.74, 6) is 0. The second-order valence-electron chi connectivity index (χ2n) is 9.24. The van der Waals surface area contributed by atoms with Crippen molar-refractivity contribution in [3.8, 4) is 11.1 Å². The van der Waals surface area contributed by atoms with E-state index in [4.69, 9.17) is 0 Å². The fourth-order valence-corrected chi connectivity index (χ4v) is 3.41. The van der Waals surface area contributed by atoms with Crippen molar-refractivity contribution in [1.29, 1.82) is 0 Å². The fourth-order valence-electron chi connectivity index (χ4n) is 3.41. The van der Waals surface area contributed by atoms with Crippen LogP contribution in [0.4, 0.5) is 0 Å². The van der Waals surface area contributed by atoms with Gasteiger partial charge in [0.1, 0.15) is 0 Å². The first kappa shape index (κ1) is 20.2. The molecule has 0 amide bonds. The predicted molar refractivity (Wildman–Crippen MR) is 107 cm³/mol. The molecule has 0 N–H and O–H groups in total. The third-order valence-corrected chi connectivity index (χ3v) is 4.61. The average molecular weight is 409 g/mol. The second-order valence-corrected chi connectivity index (χ2v) is 9.24. The van der Waals surface area contributed by atoms with Crippen LogP contribution < -0.4 is 0 Å². The molecule has 0 unspecified atom stereocenters. The topological polar surface area (TPSA) is 0 Å². The first-order chi connectivity index (χ1) is 11.1. The molecule has 0 aliphatic heterocycles. The van der Waals surface area contributed by atoms with Crippen LogP contribution in [0.2, 0.25) is 0 Å². The Labute approximate surface area is 172 Å². The molecule has 0 aliphatic rings. The van der Waals surface area contributed by atoms with Gasteiger partial charge in [-0.1, -0.05) is 77.4 Å². The van der Waals surface area contributed by atoms with E-state index in [1.165, 1.54) is 33.0 Å². The predicted octanol–water partition coefficient (Wildman–Crippen LogP) is 7.11. The molecule has 0 fully saturated rings.